The Kier molecular flexibility index (Phi) is 5.03. The van der Waals surface area contributed by atoms with E-state index in [0.29, 0.717) is 16.9 Å². The van der Waals surface area contributed by atoms with Crippen LogP contribution in [0.4, 0.5) is 0 Å². The van der Waals surface area contributed by atoms with Gasteiger partial charge in [-0.05, 0) is 106 Å². The lowest BCUT2D eigenvalue weighted by atomic mass is 9.47. The predicted octanol–water partition coefficient (Wildman–Crippen LogP) is 5.99. The van der Waals surface area contributed by atoms with Gasteiger partial charge in [-0.25, -0.2) is 0 Å². The molecule has 3 saturated carbocycles. The van der Waals surface area contributed by atoms with E-state index < -0.39 is 0 Å². The maximum atomic E-state index is 6.34. The van der Waals surface area contributed by atoms with Gasteiger partial charge in [0, 0.05) is 6.54 Å². The van der Waals surface area contributed by atoms with Gasteiger partial charge in [-0.15, -0.1) is 0 Å². The van der Waals surface area contributed by atoms with Gasteiger partial charge in [0.2, 0.25) is 0 Å². The van der Waals surface area contributed by atoms with Crippen molar-refractivity contribution in [1.82, 2.24) is 4.90 Å². The average molecular weight is 384 g/mol. The van der Waals surface area contributed by atoms with Gasteiger partial charge in [-0.2, -0.15) is 0 Å². The first-order valence-electron chi connectivity index (χ1n) is 12.2. The van der Waals surface area contributed by atoms with Crippen molar-refractivity contribution < 1.29 is 4.74 Å². The number of hydrogen-bond donors (Lipinski definition) is 0. The SMILES string of the molecule is C=C1CCC2C3CCC4=C[C@@H](OCCN5CCCC5)CC[C@]4(C)C3CC[C@]12C. The third kappa shape index (κ3) is 3.05. The van der Waals surface area contributed by atoms with Gasteiger partial charge < -0.3 is 9.64 Å². The molecule has 3 unspecified atom stereocenters. The summed E-state index contributed by atoms with van der Waals surface area (Å²) in [4.78, 5) is 2.57. The van der Waals surface area contributed by atoms with Crippen LogP contribution in [-0.2, 0) is 4.74 Å². The van der Waals surface area contributed by atoms with Crippen LogP contribution >= 0.6 is 0 Å². The summed E-state index contributed by atoms with van der Waals surface area (Å²) in [7, 11) is 0. The van der Waals surface area contributed by atoms with Crippen molar-refractivity contribution in [3.05, 3.63) is 23.8 Å². The molecule has 156 valence electrons. The maximum Gasteiger partial charge on any atom is 0.0759 e. The first kappa shape index (κ1) is 19.4. The van der Waals surface area contributed by atoms with E-state index in [2.05, 4.69) is 31.4 Å². The topological polar surface area (TPSA) is 12.5 Å². The van der Waals surface area contributed by atoms with E-state index >= 15 is 0 Å². The number of allylic oxidation sites excluding steroid dienone is 2. The highest BCUT2D eigenvalue weighted by Gasteiger charge is 2.57. The summed E-state index contributed by atoms with van der Waals surface area (Å²) in [5.74, 6) is 2.75. The van der Waals surface area contributed by atoms with Crippen LogP contribution in [0.3, 0.4) is 0 Å². The fourth-order valence-electron chi connectivity index (χ4n) is 8.07. The molecule has 0 aromatic rings. The highest BCUT2D eigenvalue weighted by atomic mass is 16.5. The average Bonchev–Trinajstić information content (AvgIpc) is 3.30. The number of rotatable bonds is 4. The molecule has 4 aliphatic carbocycles. The van der Waals surface area contributed by atoms with E-state index in [0.717, 1.165) is 30.9 Å². The monoisotopic (exact) mass is 383 g/mol. The summed E-state index contributed by atoms with van der Waals surface area (Å²) < 4.78 is 6.34. The molecule has 0 aromatic carbocycles. The van der Waals surface area contributed by atoms with Crippen LogP contribution in [0.1, 0.15) is 78.1 Å². The lowest BCUT2D eigenvalue weighted by Crippen LogP contribution is -2.49. The van der Waals surface area contributed by atoms with Crippen molar-refractivity contribution in [3.63, 3.8) is 0 Å². The van der Waals surface area contributed by atoms with Crippen molar-refractivity contribution in [2.75, 3.05) is 26.2 Å². The maximum absolute atomic E-state index is 6.34. The molecule has 5 aliphatic rings. The molecule has 0 aromatic heterocycles. The van der Waals surface area contributed by atoms with Crippen LogP contribution in [0.25, 0.3) is 0 Å². The zero-order valence-corrected chi connectivity index (χ0v) is 18.3. The molecular weight excluding hydrogens is 342 g/mol. The highest BCUT2D eigenvalue weighted by Crippen LogP contribution is 2.66. The minimum atomic E-state index is 0.377. The summed E-state index contributed by atoms with van der Waals surface area (Å²) in [5, 5.41) is 0. The Bertz CT molecular complexity index is 647. The molecule has 0 spiro atoms. The molecule has 1 heterocycles. The summed E-state index contributed by atoms with van der Waals surface area (Å²) in [6.45, 7) is 14.2. The van der Waals surface area contributed by atoms with Crippen LogP contribution in [0.2, 0.25) is 0 Å². The Balaban J connectivity index is 1.26. The molecule has 0 amide bonds. The molecule has 2 nitrogen and oxygen atoms in total. The van der Waals surface area contributed by atoms with Gasteiger partial charge in [0.15, 0.2) is 0 Å². The van der Waals surface area contributed by atoms with Crippen molar-refractivity contribution in [3.8, 4) is 0 Å². The zero-order valence-electron chi connectivity index (χ0n) is 18.3. The second-order valence-electron chi connectivity index (χ2n) is 11.1. The van der Waals surface area contributed by atoms with E-state index in [9.17, 15) is 0 Å². The number of hydrogen-bond acceptors (Lipinski definition) is 2. The molecular formula is C26H41NO. The number of fused-ring (bicyclic) bond motifs is 5. The standard InChI is InChI=1S/C26H41NO/c1-19-6-9-23-22-8-7-20-18-21(28-17-16-27-14-4-5-15-27)10-12-26(20,3)24(22)11-13-25(19,23)2/h18,21-24H,1,4-17H2,2-3H3/t21-,22?,23?,24?,25+,26-/m0/s1. The lowest BCUT2D eigenvalue weighted by molar-refractivity contribution is -0.0376. The zero-order chi connectivity index (χ0) is 19.4. The van der Waals surface area contributed by atoms with Gasteiger partial charge >= 0.3 is 0 Å². The third-order valence-corrected chi connectivity index (χ3v) is 9.96. The predicted molar refractivity (Wildman–Crippen MR) is 116 cm³/mol. The normalized spacial score (nSPS) is 46.1. The Hall–Kier alpha value is -0.600. The number of nitrogens with zero attached hydrogens (tertiary/aromatic N) is 1. The Morgan fingerprint density at radius 2 is 1.75 bits per heavy atom. The van der Waals surface area contributed by atoms with Crippen LogP contribution in [0.5, 0.6) is 0 Å². The molecule has 4 fully saturated rings. The van der Waals surface area contributed by atoms with Crippen molar-refractivity contribution in [1.29, 1.82) is 0 Å². The molecule has 0 bridgehead atoms. The summed E-state index contributed by atoms with van der Waals surface area (Å²) >= 11 is 0. The molecule has 6 atom stereocenters. The van der Waals surface area contributed by atoms with Gasteiger partial charge in [-0.3, -0.25) is 0 Å². The first-order valence-corrected chi connectivity index (χ1v) is 12.2. The molecule has 0 N–H and O–H groups in total. The Morgan fingerprint density at radius 1 is 1.00 bits per heavy atom. The second kappa shape index (κ2) is 7.27. The van der Waals surface area contributed by atoms with E-state index in [-0.39, 0.29) is 0 Å². The molecule has 1 aliphatic heterocycles. The largest absolute Gasteiger partial charge is 0.373 e. The van der Waals surface area contributed by atoms with E-state index in [4.69, 9.17) is 4.74 Å². The molecule has 2 heteroatoms. The number of likely N-dealkylation sites (tertiary alicyclic amines) is 1. The minimum Gasteiger partial charge on any atom is -0.373 e. The summed E-state index contributed by atoms with van der Waals surface area (Å²) in [5.41, 5.74) is 4.22. The Labute approximate surface area is 172 Å². The molecule has 5 rings (SSSR count). The fourth-order valence-corrected chi connectivity index (χ4v) is 8.07. The second-order valence-corrected chi connectivity index (χ2v) is 11.1. The van der Waals surface area contributed by atoms with Crippen LogP contribution in [-0.4, -0.2) is 37.2 Å². The molecule has 28 heavy (non-hydrogen) atoms. The van der Waals surface area contributed by atoms with Crippen LogP contribution < -0.4 is 0 Å². The summed E-state index contributed by atoms with van der Waals surface area (Å²) in [6.07, 6.45) is 16.5. The van der Waals surface area contributed by atoms with E-state index in [1.165, 1.54) is 77.3 Å². The van der Waals surface area contributed by atoms with Gasteiger partial charge in [0.25, 0.3) is 0 Å². The smallest absolute Gasteiger partial charge is 0.0759 e. The number of ether oxygens (including phenoxy) is 1. The fraction of sp³-hybridized carbons (Fsp3) is 0.846. The quantitative estimate of drug-likeness (QED) is 0.553. The van der Waals surface area contributed by atoms with Gasteiger partial charge in [0.1, 0.15) is 0 Å². The lowest BCUT2D eigenvalue weighted by Gasteiger charge is -2.58. The van der Waals surface area contributed by atoms with E-state index in [1.807, 2.05) is 0 Å². The van der Waals surface area contributed by atoms with Crippen LogP contribution in [0, 0.1) is 28.6 Å². The molecule has 0 radical (unpaired) electrons. The van der Waals surface area contributed by atoms with Crippen LogP contribution in [0.15, 0.2) is 23.8 Å². The van der Waals surface area contributed by atoms with Gasteiger partial charge in [0.05, 0.1) is 12.7 Å². The minimum absolute atomic E-state index is 0.377. The van der Waals surface area contributed by atoms with E-state index in [1.54, 1.807) is 11.1 Å². The van der Waals surface area contributed by atoms with Crippen molar-refractivity contribution in [2.45, 2.75) is 84.2 Å². The first-order chi connectivity index (χ1) is 13.5. The van der Waals surface area contributed by atoms with Gasteiger partial charge in [-0.1, -0.05) is 37.6 Å². The Morgan fingerprint density at radius 3 is 2.57 bits per heavy atom. The van der Waals surface area contributed by atoms with Crippen molar-refractivity contribution >= 4 is 0 Å². The third-order valence-electron chi connectivity index (χ3n) is 9.96. The highest BCUT2D eigenvalue weighted by molar-refractivity contribution is 5.28. The van der Waals surface area contributed by atoms with Crippen molar-refractivity contribution in [2.24, 2.45) is 28.6 Å². The summed E-state index contributed by atoms with van der Waals surface area (Å²) in [6, 6.07) is 0. The molecule has 1 saturated heterocycles.